The second-order valence-corrected chi connectivity index (χ2v) is 4.95. The number of aromatic nitrogens is 2. The van der Waals surface area contributed by atoms with Crippen molar-refractivity contribution in [3.63, 3.8) is 0 Å². The van der Waals surface area contributed by atoms with Crippen LogP contribution in [-0.2, 0) is 20.0 Å². The van der Waals surface area contributed by atoms with Crippen LogP contribution >= 0.6 is 11.6 Å². The van der Waals surface area contributed by atoms with E-state index in [-0.39, 0.29) is 0 Å². The van der Waals surface area contributed by atoms with Crippen molar-refractivity contribution in [2.24, 2.45) is 12.8 Å². The molecule has 0 atom stereocenters. The third-order valence-corrected chi connectivity index (χ3v) is 3.49. The Morgan fingerprint density at radius 3 is 2.85 bits per heavy atom. The topological polar surface area (TPSA) is 72.9 Å². The van der Waals surface area contributed by atoms with Crippen molar-refractivity contribution in [2.45, 2.75) is 13.0 Å². The van der Waals surface area contributed by atoms with E-state index in [0.29, 0.717) is 17.1 Å². The number of carbonyl (C=O) groups is 1. The minimum atomic E-state index is -0.470. The van der Waals surface area contributed by atoms with Gasteiger partial charge in [-0.3, -0.25) is 9.48 Å². The number of hydrogen-bond donors (Lipinski definition) is 2. The summed E-state index contributed by atoms with van der Waals surface area (Å²) >= 11 is 6.12. The van der Waals surface area contributed by atoms with E-state index in [1.165, 1.54) is 5.69 Å². The van der Waals surface area contributed by atoms with E-state index in [2.05, 4.69) is 10.4 Å². The fourth-order valence-corrected chi connectivity index (χ4v) is 2.18. The van der Waals surface area contributed by atoms with Crippen molar-refractivity contribution in [2.75, 3.05) is 6.54 Å². The van der Waals surface area contributed by atoms with Crippen molar-refractivity contribution in [1.82, 2.24) is 15.1 Å². The van der Waals surface area contributed by atoms with Crippen molar-refractivity contribution < 1.29 is 4.79 Å². The number of hydrogen-bond acceptors (Lipinski definition) is 3. The first-order chi connectivity index (χ1) is 9.58. The van der Waals surface area contributed by atoms with Gasteiger partial charge in [-0.2, -0.15) is 5.10 Å². The third kappa shape index (κ3) is 3.59. The minimum Gasteiger partial charge on any atom is -0.366 e. The molecule has 3 N–H and O–H groups in total. The summed E-state index contributed by atoms with van der Waals surface area (Å²) in [5.74, 6) is -0.470. The van der Waals surface area contributed by atoms with E-state index < -0.39 is 5.91 Å². The highest BCUT2D eigenvalue weighted by Crippen LogP contribution is 2.17. The van der Waals surface area contributed by atoms with Crippen LogP contribution in [0, 0.1) is 0 Å². The van der Waals surface area contributed by atoms with Gasteiger partial charge in [0.05, 0.1) is 0 Å². The summed E-state index contributed by atoms with van der Waals surface area (Å²) < 4.78 is 1.86. The van der Waals surface area contributed by atoms with Crippen molar-refractivity contribution >= 4 is 17.5 Å². The van der Waals surface area contributed by atoms with Crippen LogP contribution in [0.3, 0.4) is 0 Å². The Balaban J connectivity index is 1.85. The Morgan fingerprint density at radius 2 is 2.25 bits per heavy atom. The van der Waals surface area contributed by atoms with E-state index in [0.717, 1.165) is 18.5 Å². The normalized spacial score (nSPS) is 10.7. The van der Waals surface area contributed by atoms with E-state index in [9.17, 15) is 4.79 Å². The molecule has 20 heavy (non-hydrogen) atoms. The van der Waals surface area contributed by atoms with Crippen LogP contribution < -0.4 is 11.1 Å². The lowest BCUT2D eigenvalue weighted by atomic mass is 10.1. The predicted molar refractivity (Wildman–Crippen MR) is 78.6 cm³/mol. The molecule has 0 spiro atoms. The first kappa shape index (κ1) is 14.6. The second kappa shape index (κ2) is 6.54. The molecule has 0 bridgehead atoms. The molecule has 6 heteroatoms. The van der Waals surface area contributed by atoms with Gasteiger partial charge in [-0.05, 0) is 23.8 Å². The molecule has 1 heterocycles. The molecule has 106 valence electrons. The third-order valence-electron chi connectivity index (χ3n) is 3.13. The SMILES string of the molecule is Cn1nccc1CCNCc1ccc(C(N)=O)cc1Cl. The molecule has 0 radical (unpaired) electrons. The number of rotatable bonds is 6. The summed E-state index contributed by atoms with van der Waals surface area (Å²) in [6.07, 6.45) is 2.68. The van der Waals surface area contributed by atoms with Crippen LogP contribution in [0.1, 0.15) is 21.6 Å². The summed E-state index contributed by atoms with van der Waals surface area (Å²) in [6, 6.07) is 7.10. The highest BCUT2D eigenvalue weighted by atomic mass is 35.5. The number of amides is 1. The van der Waals surface area contributed by atoms with E-state index >= 15 is 0 Å². The quantitative estimate of drug-likeness (QED) is 0.793. The van der Waals surface area contributed by atoms with Crippen LogP contribution in [0.4, 0.5) is 0 Å². The zero-order valence-corrected chi connectivity index (χ0v) is 12.0. The van der Waals surface area contributed by atoms with Gasteiger partial charge in [0.2, 0.25) is 5.91 Å². The highest BCUT2D eigenvalue weighted by Gasteiger charge is 2.05. The van der Waals surface area contributed by atoms with Crippen LogP contribution in [0.15, 0.2) is 30.5 Å². The summed E-state index contributed by atoms with van der Waals surface area (Å²) in [6.45, 7) is 1.48. The Bertz CT molecular complexity index is 609. The average Bonchev–Trinajstić information content (AvgIpc) is 2.81. The van der Waals surface area contributed by atoms with Crippen LogP contribution in [0.2, 0.25) is 5.02 Å². The van der Waals surface area contributed by atoms with Crippen molar-refractivity contribution in [3.8, 4) is 0 Å². The molecule has 0 unspecified atom stereocenters. The van der Waals surface area contributed by atoms with Crippen molar-refractivity contribution in [3.05, 3.63) is 52.3 Å². The van der Waals surface area contributed by atoms with Gasteiger partial charge < -0.3 is 11.1 Å². The number of primary amides is 1. The zero-order valence-electron chi connectivity index (χ0n) is 11.3. The molecule has 5 nitrogen and oxygen atoms in total. The van der Waals surface area contributed by atoms with Crippen LogP contribution in [0.5, 0.6) is 0 Å². The molecule has 2 rings (SSSR count). The average molecular weight is 293 g/mol. The maximum absolute atomic E-state index is 11.0. The molecular formula is C14H17ClN4O. The number of halogens is 1. The molecule has 0 fully saturated rings. The number of nitrogens with two attached hydrogens (primary N) is 1. The number of aryl methyl sites for hydroxylation is 1. The highest BCUT2D eigenvalue weighted by molar-refractivity contribution is 6.31. The zero-order chi connectivity index (χ0) is 14.5. The van der Waals surface area contributed by atoms with Gasteiger partial charge in [-0.15, -0.1) is 0 Å². The Labute approximate surface area is 122 Å². The monoisotopic (exact) mass is 292 g/mol. The largest absolute Gasteiger partial charge is 0.366 e. The van der Waals surface area contributed by atoms with E-state index in [1.54, 1.807) is 18.3 Å². The summed E-state index contributed by atoms with van der Waals surface area (Å²) in [5.41, 5.74) is 7.75. The van der Waals surface area contributed by atoms with Gasteiger partial charge in [-0.25, -0.2) is 0 Å². The maximum atomic E-state index is 11.0. The minimum absolute atomic E-state index is 0.425. The molecular weight excluding hydrogens is 276 g/mol. The van der Waals surface area contributed by atoms with Gasteiger partial charge in [0.15, 0.2) is 0 Å². The molecule has 0 aliphatic heterocycles. The molecule has 0 aliphatic carbocycles. The summed E-state index contributed by atoms with van der Waals surface area (Å²) in [5, 5.41) is 7.98. The Kier molecular flexibility index (Phi) is 4.76. The molecule has 2 aromatic rings. The molecule has 1 aromatic carbocycles. The molecule has 0 saturated carbocycles. The molecule has 1 aromatic heterocycles. The summed E-state index contributed by atoms with van der Waals surface area (Å²) in [7, 11) is 1.93. The van der Waals surface area contributed by atoms with E-state index in [4.69, 9.17) is 17.3 Å². The van der Waals surface area contributed by atoms with Gasteiger partial charge in [-0.1, -0.05) is 17.7 Å². The summed E-state index contributed by atoms with van der Waals surface area (Å²) in [4.78, 5) is 11.0. The molecule has 0 saturated heterocycles. The fraction of sp³-hybridized carbons (Fsp3) is 0.286. The van der Waals surface area contributed by atoms with Crippen LogP contribution in [0.25, 0.3) is 0 Å². The number of carbonyl (C=O) groups excluding carboxylic acids is 1. The standard InChI is InChI=1S/C14H17ClN4O/c1-19-12(5-7-18-19)4-6-17-9-11-3-2-10(14(16)20)8-13(11)15/h2-3,5,7-8,17H,4,6,9H2,1H3,(H2,16,20). The fourth-order valence-electron chi connectivity index (χ4n) is 1.93. The smallest absolute Gasteiger partial charge is 0.248 e. The van der Waals surface area contributed by atoms with Crippen molar-refractivity contribution in [1.29, 1.82) is 0 Å². The van der Waals surface area contributed by atoms with Gasteiger partial charge in [0, 0.05) is 49.0 Å². The first-order valence-corrected chi connectivity index (χ1v) is 6.71. The lowest BCUT2D eigenvalue weighted by molar-refractivity contribution is 0.100. The van der Waals surface area contributed by atoms with E-state index in [1.807, 2.05) is 23.9 Å². The van der Waals surface area contributed by atoms with Gasteiger partial charge in [0.1, 0.15) is 0 Å². The lowest BCUT2D eigenvalue weighted by Crippen LogP contribution is -2.18. The predicted octanol–water partition coefficient (Wildman–Crippen LogP) is 1.50. The maximum Gasteiger partial charge on any atom is 0.248 e. The van der Waals surface area contributed by atoms with Gasteiger partial charge in [0.25, 0.3) is 0 Å². The Hall–Kier alpha value is -1.85. The number of nitrogens with one attached hydrogen (secondary N) is 1. The first-order valence-electron chi connectivity index (χ1n) is 6.34. The Morgan fingerprint density at radius 1 is 1.45 bits per heavy atom. The number of benzene rings is 1. The molecule has 1 amide bonds. The number of nitrogens with zero attached hydrogens (tertiary/aromatic N) is 2. The van der Waals surface area contributed by atoms with Gasteiger partial charge >= 0.3 is 0 Å². The second-order valence-electron chi connectivity index (χ2n) is 4.54. The molecule has 0 aliphatic rings. The lowest BCUT2D eigenvalue weighted by Gasteiger charge is -2.08. The van der Waals surface area contributed by atoms with Crippen LogP contribution in [-0.4, -0.2) is 22.2 Å².